The lowest BCUT2D eigenvalue weighted by atomic mass is 10.0. The molecule has 2 amide bonds. The Balaban J connectivity index is 1.71. The van der Waals surface area contributed by atoms with Crippen molar-refractivity contribution in [3.63, 3.8) is 0 Å². The highest BCUT2D eigenvalue weighted by atomic mass is 16.8. The number of carbonyl (C=O) groups excluding carboxylic acids is 2. The molecule has 3 saturated heterocycles. The number of amides is 2. The summed E-state index contributed by atoms with van der Waals surface area (Å²) >= 11 is 0. The number of nitrogens with zero attached hydrogens (tertiary/aromatic N) is 1. The van der Waals surface area contributed by atoms with Crippen LogP contribution in [-0.4, -0.2) is 71.0 Å². The maximum Gasteiger partial charge on any atom is 0.229 e. The van der Waals surface area contributed by atoms with Crippen molar-refractivity contribution in [2.24, 2.45) is 0 Å². The Morgan fingerprint density at radius 3 is 2.25 bits per heavy atom. The number of carbonyl (C=O) groups is 2. The molecule has 1 N–H and O–H groups in total. The summed E-state index contributed by atoms with van der Waals surface area (Å²) in [7, 11) is 0. The fourth-order valence-corrected chi connectivity index (χ4v) is 3.40. The predicted molar refractivity (Wildman–Crippen MR) is 80.7 cm³/mol. The highest BCUT2D eigenvalue weighted by Crippen LogP contribution is 2.37. The minimum Gasteiger partial charge on any atom is -0.388 e. The molecule has 3 heterocycles. The number of β-amino-alcohol motifs (C(OH)–C–C–N with tert-alkyl or cyclic N) is 1. The van der Waals surface area contributed by atoms with Crippen molar-refractivity contribution in [2.75, 3.05) is 13.2 Å². The van der Waals surface area contributed by atoms with Crippen LogP contribution in [0.15, 0.2) is 0 Å². The van der Waals surface area contributed by atoms with Gasteiger partial charge in [-0.05, 0) is 27.7 Å². The van der Waals surface area contributed by atoms with Gasteiger partial charge in [-0.1, -0.05) is 0 Å². The van der Waals surface area contributed by atoms with E-state index in [1.807, 2.05) is 0 Å². The third kappa shape index (κ3) is 3.48. The van der Waals surface area contributed by atoms with E-state index in [2.05, 4.69) is 0 Å². The first-order valence-corrected chi connectivity index (χ1v) is 8.27. The molecule has 0 unspecified atom stereocenters. The maximum atomic E-state index is 11.8. The van der Waals surface area contributed by atoms with Gasteiger partial charge < -0.3 is 24.1 Å². The summed E-state index contributed by atoms with van der Waals surface area (Å²) in [5.41, 5.74) is 0. The Kier molecular flexibility index (Phi) is 4.46. The molecule has 0 radical (unpaired) electrons. The van der Waals surface area contributed by atoms with Gasteiger partial charge in [-0.3, -0.25) is 14.5 Å². The molecule has 24 heavy (non-hydrogen) atoms. The average Bonchev–Trinajstić information content (AvgIpc) is 3.09. The fraction of sp³-hybridized carbons (Fsp3) is 0.875. The minimum atomic E-state index is -1.06. The molecule has 8 nitrogen and oxygen atoms in total. The molecule has 136 valence electrons. The van der Waals surface area contributed by atoms with E-state index in [0.29, 0.717) is 6.61 Å². The van der Waals surface area contributed by atoms with Gasteiger partial charge in [-0.2, -0.15) is 0 Å². The zero-order valence-corrected chi connectivity index (χ0v) is 14.5. The molecule has 0 aromatic heterocycles. The zero-order chi connectivity index (χ0) is 17.7. The summed E-state index contributed by atoms with van der Waals surface area (Å²) in [6.45, 7) is 7.33. The number of hydrogen-bond donors (Lipinski definition) is 1. The second-order valence-corrected chi connectivity index (χ2v) is 7.40. The molecule has 0 aliphatic carbocycles. The van der Waals surface area contributed by atoms with Crippen LogP contribution >= 0.6 is 0 Å². The van der Waals surface area contributed by atoms with E-state index in [1.54, 1.807) is 27.7 Å². The van der Waals surface area contributed by atoms with Crippen molar-refractivity contribution in [1.82, 2.24) is 4.90 Å². The van der Waals surface area contributed by atoms with Gasteiger partial charge in [0.1, 0.15) is 24.4 Å². The van der Waals surface area contributed by atoms with E-state index in [0.717, 1.165) is 4.90 Å². The summed E-state index contributed by atoms with van der Waals surface area (Å²) in [5, 5.41) is 10.6. The van der Waals surface area contributed by atoms with E-state index in [4.69, 9.17) is 18.9 Å². The van der Waals surface area contributed by atoms with Crippen molar-refractivity contribution < 1.29 is 33.6 Å². The van der Waals surface area contributed by atoms with E-state index >= 15 is 0 Å². The predicted octanol–water partition coefficient (Wildman–Crippen LogP) is 0.168. The Labute approximate surface area is 141 Å². The summed E-state index contributed by atoms with van der Waals surface area (Å²) in [4.78, 5) is 24.6. The highest BCUT2D eigenvalue weighted by Gasteiger charge is 2.52. The SMILES string of the molecule is CC1(C)O[C@H]([C@H](O)CN2C(=O)CCC2=O)[C@@H]([C@H]2COC(C)(C)O2)O1. The smallest absolute Gasteiger partial charge is 0.229 e. The summed E-state index contributed by atoms with van der Waals surface area (Å²) in [6.07, 6.45) is -2.35. The van der Waals surface area contributed by atoms with Crippen LogP contribution in [0.3, 0.4) is 0 Å². The van der Waals surface area contributed by atoms with Gasteiger partial charge in [0.2, 0.25) is 11.8 Å². The molecule has 0 saturated carbocycles. The molecule has 0 aromatic carbocycles. The van der Waals surface area contributed by atoms with Crippen molar-refractivity contribution in [3.8, 4) is 0 Å². The lowest BCUT2D eigenvalue weighted by Gasteiger charge is -2.28. The van der Waals surface area contributed by atoms with Gasteiger partial charge in [0.15, 0.2) is 11.6 Å². The molecule has 0 spiro atoms. The number of hydrogen-bond acceptors (Lipinski definition) is 7. The van der Waals surface area contributed by atoms with Crippen LogP contribution in [0.5, 0.6) is 0 Å². The molecule has 0 bridgehead atoms. The molecule has 3 rings (SSSR count). The Morgan fingerprint density at radius 1 is 1.08 bits per heavy atom. The maximum absolute atomic E-state index is 11.8. The molecular formula is C16H25NO7. The molecular weight excluding hydrogens is 318 g/mol. The quantitative estimate of drug-likeness (QED) is 0.727. The number of rotatable bonds is 4. The van der Waals surface area contributed by atoms with Gasteiger partial charge in [-0.15, -0.1) is 0 Å². The number of ether oxygens (including phenoxy) is 4. The third-order valence-corrected chi connectivity index (χ3v) is 4.46. The number of imide groups is 1. The number of aliphatic hydroxyl groups excluding tert-OH is 1. The second-order valence-electron chi connectivity index (χ2n) is 7.40. The van der Waals surface area contributed by atoms with Gasteiger partial charge in [-0.25, -0.2) is 0 Å². The molecule has 0 aromatic rings. The Bertz CT molecular complexity index is 517. The van der Waals surface area contributed by atoms with Crippen LogP contribution in [0.4, 0.5) is 0 Å². The van der Waals surface area contributed by atoms with E-state index < -0.39 is 36.0 Å². The zero-order valence-electron chi connectivity index (χ0n) is 14.5. The first-order valence-electron chi connectivity index (χ1n) is 8.27. The van der Waals surface area contributed by atoms with Crippen LogP contribution in [0, 0.1) is 0 Å². The Hall–Kier alpha value is -1.06. The first-order chi connectivity index (χ1) is 11.1. The van der Waals surface area contributed by atoms with Gasteiger partial charge in [0, 0.05) is 12.8 Å². The monoisotopic (exact) mass is 343 g/mol. The normalized spacial score (nSPS) is 36.5. The van der Waals surface area contributed by atoms with Crippen molar-refractivity contribution in [3.05, 3.63) is 0 Å². The van der Waals surface area contributed by atoms with Crippen molar-refractivity contribution in [2.45, 2.75) is 76.5 Å². The standard InChI is InChI=1S/C16H25NO7/c1-15(2)21-8-10(22-15)14-13(23-16(3,4)24-14)9(18)7-17-11(19)5-6-12(17)20/h9-10,13-14,18H,5-8H2,1-4H3/t9-,10-,13-,14-/m1/s1. The molecule has 3 aliphatic heterocycles. The van der Waals surface area contributed by atoms with Gasteiger partial charge in [0.05, 0.1) is 13.2 Å². The summed E-state index contributed by atoms with van der Waals surface area (Å²) in [6, 6.07) is 0. The van der Waals surface area contributed by atoms with E-state index in [9.17, 15) is 14.7 Å². The lowest BCUT2D eigenvalue weighted by Crippen LogP contribution is -2.49. The molecule has 8 heteroatoms. The number of aliphatic hydroxyl groups is 1. The average molecular weight is 343 g/mol. The summed E-state index contributed by atoms with van der Waals surface area (Å²) < 4.78 is 23.1. The largest absolute Gasteiger partial charge is 0.388 e. The van der Waals surface area contributed by atoms with Crippen LogP contribution in [0.1, 0.15) is 40.5 Å². The topological polar surface area (TPSA) is 94.5 Å². The van der Waals surface area contributed by atoms with Crippen LogP contribution in [0.25, 0.3) is 0 Å². The fourth-order valence-electron chi connectivity index (χ4n) is 3.40. The summed E-state index contributed by atoms with van der Waals surface area (Å²) in [5.74, 6) is -2.16. The van der Waals surface area contributed by atoms with Crippen molar-refractivity contribution in [1.29, 1.82) is 0 Å². The van der Waals surface area contributed by atoms with Gasteiger partial charge >= 0.3 is 0 Å². The molecule has 3 aliphatic rings. The van der Waals surface area contributed by atoms with Crippen LogP contribution in [0.2, 0.25) is 0 Å². The molecule has 4 atom stereocenters. The van der Waals surface area contributed by atoms with Crippen molar-refractivity contribution >= 4 is 11.8 Å². The van der Waals surface area contributed by atoms with Crippen LogP contribution < -0.4 is 0 Å². The minimum absolute atomic E-state index is 0.102. The van der Waals surface area contributed by atoms with Gasteiger partial charge in [0.25, 0.3) is 0 Å². The van der Waals surface area contributed by atoms with Crippen LogP contribution in [-0.2, 0) is 28.5 Å². The lowest BCUT2D eigenvalue weighted by molar-refractivity contribution is -0.175. The van der Waals surface area contributed by atoms with E-state index in [-0.39, 0.29) is 31.2 Å². The first kappa shape index (κ1) is 17.8. The third-order valence-electron chi connectivity index (χ3n) is 4.46. The highest BCUT2D eigenvalue weighted by molar-refractivity contribution is 6.01. The number of likely N-dealkylation sites (tertiary alicyclic amines) is 1. The Morgan fingerprint density at radius 2 is 1.71 bits per heavy atom. The molecule has 3 fully saturated rings. The van der Waals surface area contributed by atoms with E-state index in [1.165, 1.54) is 0 Å². The second kappa shape index (κ2) is 6.03.